The van der Waals surface area contributed by atoms with E-state index in [1.165, 1.54) is 20.9 Å². The molecular formula is C32H41N3O6. The molecule has 0 radical (unpaired) electrons. The number of benzene rings is 2. The van der Waals surface area contributed by atoms with Crippen LogP contribution in [0.2, 0.25) is 0 Å². The highest BCUT2D eigenvalue weighted by Gasteiger charge is 2.35. The average molecular weight is 564 g/mol. The number of cyclic esters (lactones) is 2. The zero-order chi connectivity index (χ0) is 29.0. The zero-order valence-corrected chi connectivity index (χ0v) is 23.9. The summed E-state index contributed by atoms with van der Waals surface area (Å²) in [5.74, 6) is -0.209. The maximum atomic E-state index is 12.3. The van der Waals surface area contributed by atoms with Crippen molar-refractivity contribution in [2.24, 2.45) is 5.92 Å². The molecule has 9 heteroatoms. The molecule has 3 saturated heterocycles. The minimum absolute atomic E-state index is 0.0392. The number of carbonyl (C=O) groups is 4. The van der Waals surface area contributed by atoms with Crippen molar-refractivity contribution in [3.63, 3.8) is 0 Å². The Balaban J connectivity index is 0.000000189. The predicted molar refractivity (Wildman–Crippen MR) is 154 cm³/mol. The number of ether oxygens (including phenoxy) is 2. The number of imide groups is 2. The Morgan fingerprint density at radius 1 is 0.805 bits per heavy atom. The van der Waals surface area contributed by atoms with Gasteiger partial charge in [0.25, 0.3) is 0 Å². The van der Waals surface area contributed by atoms with E-state index >= 15 is 0 Å². The summed E-state index contributed by atoms with van der Waals surface area (Å²) in [6.45, 7) is 5.60. The standard InChI is InChI=1S/C16H20N2O3.C16H21NO3/c19-15(18-10-11-21-16(18)20)14-6-8-17(9-7-14)12-13-4-2-1-3-5-13;1-13-12-20-16(19)17(13)15(18)11-7-3-6-10-14-8-4-2-5-9-14/h1-5,14H,6-12H2;2,4-5,8-9,13H,3,6-7,10-12H2,1H3/t;13-/m.1/s1. The molecule has 41 heavy (non-hydrogen) atoms. The van der Waals surface area contributed by atoms with Gasteiger partial charge in [-0.1, -0.05) is 67.1 Å². The number of hydrogen-bond donors (Lipinski definition) is 0. The molecule has 0 N–H and O–H groups in total. The van der Waals surface area contributed by atoms with Gasteiger partial charge in [0.2, 0.25) is 11.8 Å². The van der Waals surface area contributed by atoms with Crippen molar-refractivity contribution in [1.82, 2.24) is 14.7 Å². The van der Waals surface area contributed by atoms with Gasteiger partial charge < -0.3 is 9.47 Å². The summed E-state index contributed by atoms with van der Waals surface area (Å²) in [5, 5.41) is 0. The first kappa shape index (κ1) is 30.2. The Morgan fingerprint density at radius 2 is 1.46 bits per heavy atom. The number of rotatable bonds is 9. The summed E-state index contributed by atoms with van der Waals surface area (Å²) in [7, 11) is 0. The molecule has 1 atom stereocenters. The van der Waals surface area contributed by atoms with Crippen LogP contribution in [-0.2, 0) is 32.0 Å². The molecule has 3 aliphatic rings. The molecule has 0 unspecified atom stereocenters. The van der Waals surface area contributed by atoms with Gasteiger partial charge >= 0.3 is 12.2 Å². The molecule has 0 spiro atoms. The lowest BCUT2D eigenvalue weighted by Crippen LogP contribution is -2.42. The third-order valence-electron chi connectivity index (χ3n) is 7.77. The average Bonchev–Trinajstić information content (AvgIpc) is 3.58. The molecule has 0 bridgehead atoms. The number of likely N-dealkylation sites (tertiary alicyclic amines) is 1. The summed E-state index contributed by atoms with van der Waals surface area (Å²) in [6, 6.07) is 20.6. The number of nitrogens with zero attached hydrogens (tertiary/aromatic N) is 3. The highest BCUT2D eigenvalue weighted by atomic mass is 16.6. The van der Waals surface area contributed by atoms with Crippen molar-refractivity contribution in [2.75, 3.05) is 32.8 Å². The fourth-order valence-corrected chi connectivity index (χ4v) is 5.40. The number of aryl methyl sites for hydroxylation is 1. The number of unbranched alkanes of at least 4 members (excludes halogenated alkanes) is 2. The molecule has 2 aromatic carbocycles. The van der Waals surface area contributed by atoms with Gasteiger partial charge in [-0.3, -0.25) is 14.5 Å². The van der Waals surface area contributed by atoms with Crippen molar-refractivity contribution in [3.8, 4) is 0 Å². The molecule has 220 valence electrons. The first-order chi connectivity index (χ1) is 19.9. The predicted octanol–water partition coefficient (Wildman–Crippen LogP) is 5.03. The second-order valence-corrected chi connectivity index (χ2v) is 10.9. The largest absolute Gasteiger partial charge is 0.447 e. The monoisotopic (exact) mass is 563 g/mol. The van der Waals surface area contributed by atoms with Crippen molar-refractivity contribution >= 4 is 24.0 Å². The van der Waals surface area contributed by atoms with Crippen LogP contribution >= 0.6 is 0 Å². The summed E-state index contributed by atoms with van der Waals surface area (Å²) in [6.07, 6.45) is 5.01. The minimum atomic E-state index is -0.494. The van der Waals surface area contributed by atoms with Crippen molar-refractivity contribution < 1.29 is 28.7 Å². The van der Waals surface area contributed by atoms with Gasteiger partial charge in [0.05, 0.1) is 12.6 Å². The summed E-state index contributed by atoms with van der Waals surface area (Å²) in [5.41, 5.74) is 2.63. The van der Waals surface area contributed by atoms with Gasteiger partial charge in [0.1, 0.15) is 13.2 Å². The SMILES string of the molecule is C[C@@H]1COC(=O)N1C(=O)CCCCCc1ccccc1.O=C1OCCN1C(=O)C1CCN(Cc2ccccc2)CC1. The summed E-state index contributed by atoms with van der Waals surface area (Å²) >= 11 is 0. The lowest BCUT2D eigenvalue weighted by Gasteiger charge is -2.32. The summed E-state index contributed by atoms with van der Waals surface area (Å²) in [4.78, 5) is 51.9. The Kier molecular flexibility index (Phi) is 11.3. The van der Waals surface area contributed by atoms with E-state index in [4.69, 9.17) is 9.47 Å². The maximum absolute atomic E-state index is 12.3. The van der Waals surface area contributed by atoms with Crippen LogP contribution in [0.4, 0.5) is 9.59 Å². The van der Waals surface area contributed by atoms with Crippen LogP contribution < -0.4 is 0 Å². The second kappa shape index (κ2) is 15.3. The zero-order valence-electron chi connectivity index (χ0n) is 23.9. The highest BCUT2D eigenvalue weighted by Crippen LogP contribution is 2.22. The van der Waals surface area contributed by atoms with E-state index in [1.807, 2.05) is 43.3 Å². The molecule has 0 saturated carbocycles. The molecule has 4 amide bonds. The van der Waals surface area contributed by atoms with Crippen LogP contribution in [0.25, 0.3) is 0 Å². The topological polar surface area (TPSA) is 96.5 Å². The highest BCUT2D eigenvalue weighted by molar-refractivity contribution is 5.94. The number of hydrogen-bond acceptors (Lipinski definition) is 7. The van der Waals surface area contributed by atoms with Gasteiger partial charge in [-0.15, -0.1) is 0 Å². The molecule has 2 aromatic rings. The van der Waals surface area contributed by atoms with Crippen LogP contribution in [0.1, 0.15) is 56.6 Å². The van der Waals surface area contributed by atoms with Crippen LogP contribution in [0.5, 0.6) is 0 Å². The van der Waals surface area contributed by atoms with Crippen molar-refractivity contribution in [2.45, 2.75) is 64.5 Å². The number of piperidine rings is 1. The minimum Gasteiger partial charge on any atom is -0.447 e. The quantitative estimate of drug-likeness (QED) is 0.395. The first-order valence-electron chi connectivity index (χ1n) is 14.7. The number of carbonyl (C=O) groups excluding carboxylic acids is 4. The molecular weight excluding hydrogens is 522 g/mol. The number of amides is 4. The Bertz CT molecular complexity index is 1150. The van der Waals surface area contributed by atoms with Gasteiger partial charge in [-0.2, -0.15) is 0 Å². The van der Waals surface area contributed by atoms with Crippen LogP contribution in [0.15, 0.2) is 60.7 Å². The third-order valence-corrected chi connectivity index (χ3v) is 7.77. The van der Waals surface area contributed by atoms with Gasteiger partial charge in [-0.25, -0.2) is 19.4 Å². The van der Waals surface area contributed by atoms with Crippen LogP contribution in [-0.4, -0.2) is 77.6 Å². The van der Waals surface area contributed by atoms with E-state index in [0.29, 0.717) is 26.2 Å². The maximum Gasteiger partial charge on any atom is 0.416 e. The molecule has 3 aliphatic heterocycles. The van der Waals surface area contributed by atoms with E-state index in [0.717, 1.165) is 58.2 Å². The lowest BCUT2D eigenvalue weighted by atomic mass is 9.95. The molecule has 5 rings (SSSR count). The normalized spacial score (nSPS) is 19.4. The third kappa shape index (κ3) is 8.88. The van der Waals surface area contributed by atoms with Gasteiger partial charge in [0.15, 0.2) is 0 Å². The Morgan fingerprint density at radius 3 is 2.05 bits per heavy atom. The van der Waals surface area contributed by atoms with E-state index in [9.17, 15) is 19.2 Å². The molecule has 9 nitrogen and oxygen atoms in total. The van der Waals surface area contributed by atoms with E-state index in [1.54, 1.807) is 0 Å². The van der Waals surface area contributed by atoms with E-state index in [-0.39, 0.29) is 23.8 Å². The molecule has 3 heterocycles. The van der Waals surface area contributed by atoms with E-state index in [2.05, 4.69) is 29.2 Å². The smallest absolute Gasteiger partial charge is 0.416 e. The molecule has 0 aromatic heterocycles. The van der Waals surface area contributed by atoms with Crippen LogP contribution in [0.3, 0.4) is 0 Å². The van der Waals surface area contributed by atoms with Crippen molar-refractivity contribution in [1.29, 1.82) is 0 Å². The van der Waals surface area contributed by atoms with Crippen molar-refractivity contribution in [3.05, 3.63) is 71.8 Å². The molecule has 3 fully saturated rings. The second-order valence-electron chi connectivity index (χ2n) is 10.9. The fraction of sp³-hybridized carbons (Fsp3) is 0.500. The van der Waals surface area contributed by atoms with Crippen LogP contribution in [0, 0.1) is 5.92 Å². The summed E-state index contributed by atoms with van der Waals surface area (Å²) < 4.78 is 9.68. The Hall–Kier alpha value is -3.72. The molecule has 0 aliphatic carbocycles. The first-order valence-corrected chi connectivity index (χ1v) is 14.7. The fourth-order valence-electron chi connectivity index (χ4n) is 5.40. The van der Waals surface area contributed by atoms with Gasteiger partial charge in [-0.05, 0) is 63.2 Å². The lowest BCUT2D eigenvalue weighted by molar-refractivity contribution is -0.133. The van der Waals surface area contributed by atoms with Gasteiger partial charge in [0, 0.05) is 18.9 Å². The Labute approximate surface area is 242 Å². The van der Waals surface area contributed by atoms with E-state index < -0.39 is 12.2 Å².